The molecular formula is C18H24N2O3S. The van der Waals surface area contributed by atoms with E-state index in [1.165, 1.54) is 30.6 Å². The Bertz CT molecular complexity index is 697. The van der Waals surface area contributed by atoms with Crippen molar-refractivity contribution in [3.8, 4) is 0 Å². The molecule has 1 N–H and O–H groups in total. The Morgan fingerprint density at radius 1 is 1.29 bits per heavy atom. The fourth-order valence-corrected chi connectivity index (χ4v) is 6.43. The van der Waals surface area contributed by atoms with E-state index in [9.17, 15) is 14.7 Å². The van der Waals surface area contributed by atoms with Crippen molar-refractivity contribution in [2.45, 2.75) is 57.9 Å². The van der Waals surface area contributed by atoms with Gasteiger partial charge in [0.25, 0.3) is 5.91 Å². The molecule has 1 amide bonds. The maximum atomic E-state index is 13.1. The zero-order valence-electron chi connectivity index (χ0n) is 14.0. The molecular weight excluding hydrogens is 324 g/mol. The molecule has 5 nitrogen and oxygen atoms in total. The van der Waals surface area contributed by atoms with Crippen LogP contribution < -0.4 is 4.80 Å². The van der Waals surface area contributed by atoms with Gasteiger partial charge in [0.15, 0.2) is 4.80 Å². The van der Waals surface area contributed by atoms with Crippen LogP contribution in [0.25, 0.3) is 0 Å². The van der Waals surface area contributed by atoms with Gasteiger partial charge in [-0.2, -0.15) is 4.99 Å². The molecule has 0 aromatic carbocycles. The van der Waals surface area contributed by atoms with Gasteiger partial charge in [-0.05, 0) is 62.7 Å². The van der Waals surface area contributed by atoms with Crippen molar-refractivity contribution in [1.29, 1.82) is 0 Å². The second-order valence-electron chi connectivity index (χ2n) is 7.97. The summed E-state index contributed by atoms with van der Waals surface area (Å²) in [5, 5.41) is 11.2. The summed E-state index contributed by atoms with van der Waals surface area (Å²) in [4.78, 5) is 29.5. The molecule has 24 heavy (non-hydrogen) atoms. The van der Waals surface area contributed by atoms with Gasteiger partial charge in [0, 0.05) is 11.6 Å². The fraction of sp³-hybridized carbons (Fsp3) is 0.722. The van der Waals surface area contributed by atoms with E-state index in [0.717, 1.165) is 19.3 Å². The van der Waals surface area contributed by atoms with Gasteiger partial charge in [-0.1, -0.05) is 6.92 Å². The minimum Gasteiger partial charge on any atom is -0.480 e. The van der Waals surface area contributed by atoms with E-state index in [4.69, 9.17) is 0 Å². The Kier molecular flexibility index (Phi) is 3.90. The van der Waals surface area contributed by atoms with E-state index in [0.29, 0.717) is 29.0 Å². The molecule has 6 heteroatoms. The molecule has 0 radical (unpaired) electrons. The average molecular weight is 348 g/mol. The lowest BCUT2D eigenvalue weighted by molar-refractivity contribution is -0.143. The molecule has 4 aliphatic carbocycles. The van der Waals surface area contributed by atoms with Gasteiger partial charge in [-0.15, -0.1) is 11.3 Å². The summed E-state index contributed by atoms with van der Waals surface area (Å²) in [6, 6.07) is -0.654. The van der Waals surface area contributed by atoms with Gasteiger partial charge >= 0.3 is 5.97 Å². The number of hydrogen-bond acceptors (Lipinski definition) is 3. The Morgan fingerprint density at radius 3 is 2.38 bits per heavy atom. The molecule has 4 fully saturated rings. The number of carbonyl (C=O) groups is 2. The Balaban J connectivity index is 1.66. The van der Waals surface area contributed by atoms with Gasteiger partial charge in [0.1, 0.15) is 6.04 Å². The number of carboxylic acids is 1. The molecule has 1 aromatic heterocycles. The number of rotatable bonds is 4. The molecule has 1 aromatic rings. The summed E-state index contributed by atoms with van der Waals surface area (Å²) in [5.41, 5.74) is -0.262. The maximum Gasteiger partial charge on any atom is 0.326 e. The van der Waals surface area contributed by atoms with Gasteiger partial charge in [-0.25, -0.2) is 4.79 Å². The molecule has 1 heterocycles. The molecule has 4 saturated carbocycles. The van der Waals surface area contributed by atoms with E-state index in [2.05, 4.69) is 4.99 Å². The van der Waals surface area contributed by atoms with E-state index < -0.39 is 12.0 Å². The lowest BCUT2D eigenvalue weighted by atomic mass is 9.49. The Hall–Kier alpha value is -1.43. The minimum absolute atomic E-state index is 0.00181. The number of carboxylic acid groups (broad SMARTS) is 1. The highest BCUT2D eigenvalue weighted by Gasteiger charge is 2.54. The van der Waals surface area contributed by atoms with Crippen molar-refractivity contribution in [3.63, 3.8) is 0 Å². The van der Waals surface area contributed by atoms with E-state index in [1.807, 2.05) is 12.3 Å². The Morgan fingerprint density at radius 2 is 1.88 bits per heavy atom. The molecule has 4 bridgehead atoms. The third-order valence-electron chi connectivity index (χ3n) is 6.31. The monoisotopic (exact) mass is 348 g/mol. The molecule has 130 valence electrons. The molecule has 1 atom stereocenters. The van der Waals surface area contributed by atoms with Crippen molar-refractivity contribution < 1.29 is 14.7 Å². The zero-order valence-corrected chi connectivity index (χ0v) is 14.8. The zero-order chi connectivity index (χ0) is 16.9. The van der Waals surface area contributed by atoms with Crippen LogP contribution in [0.15, 0.2) is 16.6 Å². The van der Waals surface area contributed by atoms with Crippen LogP contribution in [0.2, 0.25) is 0 Å². The van der Waals surface area contributed by atoms with Crippen molar-refractivity contribution in [2.75, 3.05) is 0 Å². The number of aromatic nitrogens is 1. The molecule has 1 unspecified atom stereocenters. The second-order valence-corrected chi connectivity index (χ2v) is 8.84. The highest BCUT2D eigenvalue weighted by Crippen LogP contribution is 2.60. The SMILES string of the molecule is CCC(C(=O)O)n1ccsc1=NC(=O)C12CC3CC(CC(C3)C1)C2. The first-order valence-corrected chi connectivity index (χ1v) is 9.86. The number of amides is 1. The van der Waals surface area contributed by atoms with Gasteiger partial charge in [0.2, 0.25) is 0 Å². The maximum absolute atomic E-state index is 13.1. The highest BCUT2D eigenvalue weighted by molar-refractivity contribution is 7.07. The minimum atomic E-state index is -0.875. The van der Waals surface area contributed by atoms with Crippen LogP contribution in [0, 0.1) is 23.2 Å². The summed E-state index contributed by atoms with van der Waals surface area (Å²) < 4.78 is 1.64. The number of hydrogen-bond donors (Lipinski definition) is 1. The predicted octanol–water partition coefficient (Wildman–Crippen LogP) is 3.23. The molecule has 5 rings (SSSR count). The van der Waals surface area contributed by atoms with Gasteiger partial charge < -0.3 is 9.67 Å². The Labute approximate surface area is 145 Å². The second kappa shape index (κ2) is 5.83. The quantitative estimate of drug-likeness (QED) is 0.908. The van der Waals surface area contributed by atoms with E-state index >= 15 is 0 Å². The van der Waals surface area contributed by atoms with Crippen molar-refractivity contribution in [3.05, 3.63) is 16.4 Å². The predicted molar refractivity (Wildman–Crippen MR) is 90.4 cm³/mol. The third-order valence-corrected chi connectivity index (χ3v) is 7.08. The topological polar surface area (TPSA) is 71.7 Å². The summed E-state index contributed by atoms with van der Waals surface area (Å²) in [6.45, 7) is 1.84. The van der Waals surface area contributed by atoms with Crippen LogP contribution in [-0.2, 0) is 9.59 Å². The first-order chi connectivity index (χ1) is 11.5. The molecule has 0 spiro atoms. The first-order valence-electron chi connectivity index (χ1n) is 8.98. The lowest BCUT2D eigenvalue weighted by Crippen LogP contribution is -2.50. The van der Waals surface area contributed by atoms with Crippen LogP contribution >= 0.6 is 11.3 Å². The fourth-order valence-electron chi connectivity index (χ4n) is 5.67. The third kappa shape index (κ3) is 2.55. The highest BCUT2D eigenvalue weighted by atomic mass is 32.1. The van der Waals surface area contributed by atoms with Crippen molar-refractivity contribution in [2.24, 2.45) is 28.2 Å². The first kappa shape index (κ1) is 16.1. The van der Waals surface area contributed by atoms with Crippen LogP contribution in [-0.4, -0.2) is 21.6 Å². The van der Waals surface area contributed by atoms with Crippen LogP contribution in [0.4, 0.5) is 0 Å². The van der Waals surface area contributed by atoms with E-state index in [1.54, 1.807) is 10.8 Å². The normalized spacial score (nSPS) is 36.0. The smallest absolute Gasteiger partial charge is 0.326 e. The number of nitrogens with zero attached hydrogens (tertiary/aromatic N) is 2. The average Bonchev–Trinajstić information content (AvgIpc) is 2.94. The van der Waals surface area contributed by atoms with Crippen LogP contribution in [0.1, 0.15) is 57.9 Å². The summed E-state index contributed by atoms with van der Waals surface area (Å²) in [5.74, 6) is 1.23. The van der Waals surface area contributed by atoms with Crippen molar-refractivity contribution >= 4 is 23.2 Å². The van der Waals surface area contributed by atoms with Gasteiger partial charge in [0.05, 0.1) is 5.41 Å². The summed E-state index contributed by atoms with van der Waals surface area (Å²) in [7, 11) is 0. The van der Waals surface area contributed by atoms with Gasteiger partial charge in [-0.3, -0.25) is 4.79 Å². The number of carbonyl (C=O) groups excluding carboxylic acids is 1. The number of thiazole rings is 1. The summed E-state index contributed by atoms with van der Waals surface area (Å²) >= 11 is 1.36. The lowest BCUT2D eigenvalue weighted by Gasteiger charge is -2.55. The van der Waals surface area contributed by atoms with Crippen LogP contribution in [0.5, 0.6) is 0 Å². The van der Waals surface area contributed by atoms with Crippen LogP contribution in [0.3, 0.4) is 0 Å². The standard InChI is InChI=1S/C18H24N2O3S/c1-2-14(15(21)22)20-3-4-24-17(20)19-16(23)18-8-11-5-12(9-18)7-13(6-11)10-18/h3-4,11-14H,2,5-10H2,1H3,(H,21,22). The summed E-state index contributed by atoms with van der Waals surface area (Å²) in [6.07, 6.45) is 9.06. The molecule has 4 aliphatic rings. The molecule has 0 aliphatic heterocycles. The largest absolute Gasteiger partial charge is 0.480 e. The number of aliphatic carboxylic acids is 1. The van der Waals surface area contributed by atoms with Crippen molar-refractivity contribution in [1.82, 2.24) is 4.57 Å². The molecule has 0 saturated heterocycles. The van der Waals surface area contributed by atoms with E-state index in [-0.39, 0.29) is 11.3 Å².